The molecule has 19 heavy (non-hydrogen) atoms. The Bertz CT molecular complexity index is 610. The number of nitrogens with one attached hydrogen (secondary N) is 1. The highest BCUT2D eigenvalue weighted by Crippen LogP contribution is 2.22. The normalized spacial score (nSPS) is 13.4. The molecule has 1 aromatic carbocycles. The van der Waals surface area contributed by atoms with Crippen LogP contribution in [0.25, 0.3) is 0 Å². The number of para-hydroxylation sites is 1. The number of benzene rings is 1. The molecule has 4 nitrogen and oxygen atoms in total. The molecular formula is C15H17N3O. The van der Waals surface area contributed by atoms with Gasteiger partial charge in [0.25, 0.3) is 0 Å². The van der Waals surface area contributed by atoms with Gasteiger partial charge in [0.1, 0.15) is 11.6 Å². The van der Waals surface area contributed by atoms with Gasteiger partial charge in [-0.05, 0) is 13.0 Å². The Balaban J connectivity index is 1.93. The topological polar surface area (TPSA) is 47.0 Å². The summed E-state index contributed by atoms with van der Waals surface area (Å²) in [4.78, 5) is 9.26. The van der Waals surface area contributed by atoms with Crippen LogP contribution in [0.4, 0.5) is 0 Å². The van der Waals surface area contributed by atoms with E-state index in [1.165, 1.54) is 5.56 Å². The van der Waals surface area contributed by atoms with Gasteiger partial charge in [-0.15, -0.1) is 0 Å². The molecule has 0 saturated carbocycles. The van der Waals surface area contributed by atoms with Crippen LogP contribution in [0.2, 0.25) is 0 Å². The SMILES string of the molecule is COc1ccccc1Cc1nc(C)c2c(n1)CNC2. The summed E-state index contributed by atoms with van der Waals surface area (Å²) in [6, 6.07) is 8.01. The standard InChI is InChI=1S/C15H17N3O/c1-10-12-8-16-9-13(12)18-15(17-10)7-11-5-3-4-6-14(11)19-2/h3-6,16H,7-9H2,1-2H3. The molecule has 0 radical (unpaired) electrons. The second-order valence-electron chi connectivity index (χ2n) is 4.74. The Morgan fingerprint density at radius 1 is 1.21 bits per heavy atom. The molecule has 4 heteroatoms. The highest BCUT2D eigenvalue weighted by molar-refractivity contribution is 5.36. The molecule has 0 fully saturated rings. The molecule has 0 amide bonds. The average Bonchev–Trinajstić information content (AvgIpc) is 2.88. The lowest BCUT2D eigenvalue weighted by atomic mass is 10.1. The molecule has 1 aliphatic heterocycles. The molecular weight excluding hydrogens is 238 g/mol. The van der Waals surface area contributed by atoms with Crippen LogP contribution in [0.5, 0.6) is 5.75 Å². The summed E-state index contributed by atoms with van der Waals surface area (Å²) < 4.78 is 5.37. The molecule has 1 aliphatic rings. The average molecular weight is 255 g/mol. The summed E-state index contributed by atoms with van der Waals surface area (Å²) in [6.07, 6.45) is 0.706. The summed E-state index contributed by atoms with van der Waals surface area (Å²) >= 11 is 0. The molecule has 0 bridgehead atoms. The molecule has 2 aromatic rings. The van der Waals surface area contributed by atoms with E-state index in [1.54, 1.807) is 7.11 Å². The van der Waals surface area contributed by atoms with Gasteiger partial charge in [0, 0.05) is 36.3 Å². The van der Waals surface area contributed by atoms with Crippen LogP contribution >= 0.6 is 0 Å². The monoisotopic (exact) mass is 255 g/mol. The Labute approximate surface area is 112 Å². The van der Waals surface area contributed by atoms with Crippen molar-refractivity contribution in [1.29, 1.82) is 0 Å². The third kappa shape index (κ3) is 2.31. The number of aromatic nitrogens is 2. The smallest absolute Gasteiger partial charge is 0.133 e. The summed E-state index contributed by atoms with van der Waals surface area (Å²) in [5.41, 5.74) is 4.59. The van der Waals surface area contributed by atoms with Crippen LogP contribution < -0.4 is 10.1 Å². The number of fused-ring (bicyclic) bond motifs is 1. The molecule has 98 valence electrons. The molecule has 1 N–H and O–H groups in total. The fourth-order valence-corrected chi connectivity index (χ4v) is 2.50. The third-order valence-corrected chi connectivity index (χ3v) is 3.48. The number of hydrogen-bond acceptors (Lipinski definition) is 4. The highest BCUT2D eigenvalue weighted by atomic mass is 16.5. The van der Waals surface area contributed by atoms with Crippen molar-refractivity contribution in [2.45, 2.75) is 26.4 Å². The van der Waals surface area contributed by atoms with Gasteiger partial charge in [0.15, 0.2) is 0 Å². The second-order valence-corrected chi connectivity index (χ2v) is 4.74. The second kappa shape index (κ2) is 4.97. The Kier molecular flexibility index (Phi) is 3.17. The first kappa shape index (κ1) is 12.1. The van der Waals surface area contributed by atoms with Gasteiger partial charge >= 0.3 is 0 Å². The van der Waals surface area contributed by atoms with E-state index < -0.39 is 0 Å². The number of aryl methyl sites for hydroxylation is 1. The third-order valence-electron chi connectivity index (χ3n) is 3.48. The Morgan fingerprint density at radius 2 is 2.05 bits per heavy atom. The maximum absolute atomic E-state index is 5.37. The van der Waals surface area contributed by atoms with Crippen LogP contribution in [0.3, 0.4) is 0 Å². The molecule has 0 unspecified atom stereocenters. The van der Waals surface area contributed by atoms with Crippen LogP contribution in [0, 0.1) is 6.92 Å². The van der Waals surface area contributed by atoms with E-state index in [4.69, 9.17) is 4.74 Å². The fraction of sp³-hybridized carbons (Fsp3) is 0.333. The van der Waals surface area contributed by atoms with E-state index in [-0.39, 0.29) is 0 Å². The van der Waals surface area contributed by atoms with Crippen molar-refractivity contribution in [3.63, 3.8) is 0 Å². The molecule has 0 aliphatic carbocycles. The summed E-state index contributed by atoms with van der Waals surface area (Å²) in [6.45, 7) is 3.78. The van der Waals surface area contributed by atoms with Crippen molar-refractivity contribution >= 4 is 0 Å². The quantitative estimate of drug-likeness (QED) is 0.911. The lowest BCUT2D eigenvalue weighted by Gasteiger charge is -2.09. The first-order valence-corrected chi connectivity index (χ1v) is 6.46. The van der Waals surface area contributed by atoms with E-state index >= 15 is 0 Å². The van der Waals surface area contributed by atoms with Crippen molar-refractivity contribution in [3.05, 3.63) is 52.6 Å². The molecule has 1 aromatic heterocycles. The summed E-state index contributed by atoms with van der Waals surface area (Å²) in [7, 11) is 1.69. The molecule has 0 spiro atoms. The van der Waals surface area contributed by atoms with Gasteiger partial charge in [-0.25, -0.2) is 9.97 Å². The number of methoxy groups -OCH3 is 1. The van der Waals surface area contributed by atoms with E-state index in [9.17, 15) is 0 Å². The van der Waals surface area contributed by atoms with Gasteiger partial charge in [0.05, 0.1) is 12.8 Å². The van der Waals surface area contributed by atoms with Crippen molar-refractivity contribution in [2.75, 3.05) is 7.11 Å². The first-order valence-electron chi connectivity index (χ1n) is 6.46. The predicted octanol–water partition coefficient (Wildman–Crippen LogP) is 1.99. The van der Waals surface area contributed by atoms with Gasteiger partial charge in [-0.3, -0.25) is 0 Å². The number of hydrogen-bond donors (Lipinski definition) is 1. The van der Waals surface area contributed by atoms with E-state index in [1.807, 2.05) is 18.2 Å². The van der Waals surface area contributed by atoms with Crippen LogP contribution in [-0.4, -0.2) is 17.1 Å². The van der Waals surface area contributed by atoms with Gasteiger partial charge in [-0.1, -0.05) is 18.2 Å². The molecule has 0 saturated heterocycles. The van der Waals surface area contributed by atoms with Crippen molar-refractivity contribution in [1.82, 2.24) is 15.3 Å². The number of nitrogens with zero attached hydrogens (tertiary/aromatic N) is 2. The molecule has 0 atom stereocenters. The Hall–Kier alpha value is -1.94. The predicted molar refractivity (Wildman–Crippen MR) is 73.1 cm³/mol. The Morgan fingerprint density at radius 3 is 2.89 bits per heavy atom. The summed E-state index contributed by atoms with van der Waals surface area (Å²) in [5.74, 6) is 1.76. The van der Waals surface area contributed by atoms with Gasteiger partial charge < -0.3 is 10.1 Å². The van der Waals surface area contributed by atoms with Crippen molar-refractivity contribution < 1.29 is 4.74 Å². The van der Waals surface area contributed by atoms with E-state index in [0.717, 1.165) is 41.6 Å². The minimum absolute atomic E-state index is 0.706. The van der Waals surface area contributed by atoms with Crippen LogP contribution in [0.1, 0.15) is 28.3 Å². The number of rotatable bonds is 3. The highest BCUT2D eigenvalue weighted by Gasteiger charge is 2.17. The number of ether oxygens (including phenoxy) is 1. The minimum atomic E-state index is 0.706. The van der Waals surface area contributed by atoms with Crippen molar-refractivity contribution in [3.8, 4) is 5.75 Å². The fourth-order valence-electron chi connectivity index (χ4n) is 2.50. The zero-order valence-electron chi connectivity index (χ0n) is 11.2. The largest absolute Gasteiger partial charge is 0.496 e. The van der Waals surface area contributed by atoms with Gasteiger partial charge in [0.2, 0.25) is 0 Å². The molecule has 3 rings (SSSR count). The zero-order valence-corrected chi connectivity index (χ0v) is 11.2. The maximum atomic E-state index is 5.37. The van der Waals surface area contributed by atoms with Crippen LogP contribution in [-0.2, 0) is 19.5 Å². The summed E-state index contributed by atoms with van der Waals surface area (Å²) in [5, 5.41) is 3.31. The van der Waals surface area contributed by atoms with Gasteiger partial charge in [-0.2, -0.15) is 0 Å². The van der Waals surface area contributed by atoms with E-state index in [2.05, 4.69) is 28.3 Å². The lowest BCUT2D eigenvalue weighted by molar-refractivity contribution is 0.410. The zero-order chi connectivity index (χ0) is 13.2. The van der Waals surface area contributed by atoms with Crippen molar-refractivity contribution in [2.24, 2.45) is 0 Å². The minimum Gasteiger partial charge on any atom is -0.496 e. The molecule has 2 heterocycles. The first-order chi connectivity index (χ1) is 9.28. The van der Waals surface area contributed by atoms with E-state index in [0.29, 0.717) is 6.42 Å². The van der Waals surface area contributed by atoms with Crippen LogP contribution in [0.15, 0.2) is 24.3 Å². The maximum Gasteiger partial charge on any atom is 0.133 e. The lowest BCUT2D eigenvalue weighted by Crippen LogP contribution is -2.04.